The summed E-state index contributed by atoms with van der Waals surface area (Å²) in [6, 6.07) is 3.72. The monoisotopic (exact) mass is 379 g/mol. The van der Waals surface area contributed by atoms with E-state index in [2.05, 4.69) is 31.8 Å². The second kappa shape index (κ2) is 12.6. The molecule has 0 atom stereocenters. The van der Waals surface area contributed by atoms with Crippen molar-refractivity contribution < 1.29 is 0 Å². The van der Waals surface area contributed by atoms with Crippen LogP contribution in [0.3, 0.4) is 0 Å². The first kappa shape index (κ1) is 21.5. The third-order valence-corrected chi connectivity index (χ3v) is 4.70. The molecule has 0 spiro atoms. The molecule has 0 amide bonds. The van der Waals surface area contributed by atoms with Crippen molar-refractivity contribution >= 4 is 0 Å². The number of nitriles is 2. The molecule has 0 aliphatic rings. The summed E-state index contributed by atoms with van der Waals surface area (Å²) in [4.78, 5) is 19.7. The van der Waals surface area contributed by atoms with Crippen molar-refractivity contribution in [3.05, 3.63) is 35.2 Å². The van der Waals surface area contributed by atoms with Gasteiger partial charge in [-0.25, -0.2) is 15.0 Å². The minimum absolute atomic E-state index is 0.0165. The van der Waals surface area contributed by atoms with Crippen LogP contribution in [0.1, 0.15) is 93.7 Å². The highest BCUT2D eigenvalue weighted by Crippen LogP contribution is 2.11. The second-order valence-electron chi connectivity index (χ2n) is 7.06. The Morgan fingerprint density at radius 3 is 2.00 bits per heavy atom. The molecule has 0 radical (unpaired) electrons. The lowest BCUT2D eigenvalue weighted by atomic mass is 10.1. The quantitative estimate of drug-likeness (QED) is 0.522. The van der Waals surface area contributed by atoms with Crippen LogP contribution in [0.25, 0.3) is 0 Å². The van der Waals surface area contributed by atoms with E-state index < -0.39 is 0 Å². The number of aromatic nitrogens is 5. The molecule has 0 bridgehead atoms. The van der Waals surface area contributed by atoms with E-state index >= 15 is 0 Å². The molecule has 0 saturated heterocycles. The summed E-state index contributed by atoms with van der Waals surface area (Å²) >= 11 is 0. The molecule has 28 heavy (non-hydrogen) atoms. The summed E-state index contributed by atoms with van der Waals surface area (Å²) in [5, 5.41) is 17.9. The van der Waals surface area contributed by atoms with Crippen molar-refractivity contribution in [3.63, 3.8) is 0 Å². The standard InChI is InChI=1S/C21H29N7/c1-2-3-4-5-6-7-8-9-10-11-18-24-16-17(25-18)12-13-19-26-20(14-22)28-21(15-23)27-19/h16H,2-13H2,1H3,(H,24,25). The number of unbranched alkanes of at least 4 members (excludes halogenated alkanes) is 8. The fourth-order valence-corrected chi connectivity index (χ4v) is 3.14. The molecule has 0 fully saturated rings. The van der Waals surface area contributed by atoms with Crippen molar-refractivity contribution in [2.45, 2.75) is 84.0 Å². The number of nitrogens with one attached hydrogen (secondary N) is 1. The minimum Gasteiger partial charge on any atom is -0.346 e. The summed E-state index contributed by atoms with van der Waals surface area (Å²) in [6.45, 7) is 2.25. The number of hydrogen-bond donors (Lipinski definition) is 1. The van der Waals surface area contributed by atoms with E-state index in [1.54, 1.807) is 0 Å². The number of hydrogen-bond acceptors (Lipinski definition) is 6. The Balaban J connectivity index is 1.66. The van der Waals surface area contributed by atoms with Gasteiger partial charge in [0.2, 0.25) is 11.6 Å². The highest BCUT2D eigenvalue weighted by atomic mass is 15.0. The van der Waals surface area contributed by atoms with Crippen molar-refractivity contribution in [1.82, 2.24) is 24.9 Å². The number of aromatic amines is 1. The Morgan fingerprint density at radius 1 is 0.786 bits per heavy atom. The van der Waals surface area contributed by atoms with Crippen LogP contribution in [0.4, 0.5) is 0 Å². The lowest BCUT2D eigenvalue weighted by Crippen LogP contribution is -2.05. The van der Waals surface area contributed by atoms with Gasteiger partial charge in [0.05, 0.1) is 0 Å². The largest absolute Gasteiger partial charge is 0.346 e. The lowest BCUT2D eigenvalue weighted by Gasteiger charge is -2.01. The molecule has 0 aliphatic heterocycles. The molecule has 0 aliphatic carbocycles. The maximum atomic E-state index is 8.93. The van der Waals surface area contributed by atoms with Gasteiger partial charge in [-0.05, 0) is 12.8 Å². The molecule has 2 aromatic heterocycles. The van der Waals surface area contributed by atoms with Gasteiger partial charge in [0, 0.05) is 24.7 Å². The molecule has 148 valence electrons. The molecule has 7 heteroatoms. The van der Waals surface area contributed by atoms with Crippen molar-refractivity contribution in [1.29, 1.82) is 10.5 Å². The predicted molar refractivity (Wildman–Crippen MR) is 106 cm³/mol. The van der Waals surface area contributed by atoms with Gasteiger partial charge in [0.25, 0.3) is 0 Å². The molecular formula is C21H29N7. The topological polar surface area (TPSA) is 115 Å². The molecule has 7 nitrogen and oxygen atoms in total. The van der Waals surface area contributed by atoms with Crippen LogP contribution in [0.2, 0.25) is 0 Å². The van der Waals surface area contributed by atoms with Crippen molar-refractivity contribution in [3.8, 4) is 12.1 Å². The summed E-state index contributed by atoms with van der Waals surface area (Å²) in [7, 11) is 0. The molecule has 1 N–H and O–H groups in total. The molecule has 0 saturated carbocycles. The Morgan fingerprint density at radius 2 is 1.39 bits per heavy atom. The molecular weight excluding hydrogens is 350 g/mol. The summed E-state index contributed by atoms with van der Waals surface area (Å²) in [5.41, 5.74) is 1.02. The zero-order valence-corrected chi connectivity index (χ0v) is 16.7. The smallest absolute Gasteiger partial charge is 0.236 e. The number of rotatable bonds is 13. The first-order chi connectivity index (χ1) is 13.7. The van der Waals surface area contributed by atoms with Gasteiger partial charge in [0.15, 0.2) is 0 Å². The highest BCUT2D eigenvalue weighted by Gasteiger charge is 2.07. The average molecular weight is 380 g/mol. The lowest BCUT2D eigenvalue weighted by molar-refractivity contribution is 0.562. The van der Waals surface area contributed by atoms with Gasteiger partial charge in [0.1, 0.15) is 23.8 Å². The Labute approximate surface area is 167 Å². The maximum Gasteiger partial charge on any atom is 0.236 e. The summed E-state index contributed by atoms with van der Waals surface area (Å²) in [6.07, 6.45) is 15.9. The number of nitrogens with zero attached hydrogens (tertiary/aromatic N) is 6. The van der Waals surface area contributed by atoms with E-state index in [1.807, 2.05) is 18.3 Å². The minimum atomic E-state index is -0.0165. The van der Waals surface area contributed by atoms with Gasteiger partial charge in [-0.15, -0.1) is 0 Å². The molecule has 2 rings (SSSR count). The fraction of sp³-hybridized carbons (Fsp3) is 0.619. The van der Waals surface area contributed by atoms with Gasteiger partial charge < -0.3 is 4.98 Å². The van der Waals surface area contributed by atoms with Gasteiger partial charge >= 0.3 is 0 Å². The number of aryl methyl sites for hydroxylation is 3. The van der Waals surface area contributed by atoms with Crippen LogP contribution in [-0.4, -0.2) is 24.9 Å². The van der Waals surface area contributed by atoms with E-state index in [-0.39, 0.29) is 11.6 Å². The third-order valence-electron chi connectivity index (χ3n) is 4.70. The number of H-pyrrole nitrogens is 1. The van der Waals surface area contributed by atoms with Crippen LogP contribution in [0.15, 0.2) is 6.20 Å². The van der Waals surface area contributed by atoms with E-state index in [0.717, 1.165) is 24.4 Å². The normalized spacial score (nSPS) is 10.5. The third kappa shape index (κ3) is 7.84. The Bertz CT molecular complexity index is 766. The molecule has 0 unspecified atom stereocenters. The average Bonchev–Trinajstić information content (AvgIpc) is 3.18. The molecule has 2 heterocycles. The van der Waals surface area contributed by atoms with Crippen LogP contribution in [0.5, 0.6) is 0 Å². The Hall–Kier alpha value is -2.80. The van der Waals surface area contributed by atoms with Crippen LogP contribution >= 0.6 is 0 Å². The van der Waals surface area contributed by atoms with E-state index in [0.29, 0.717) is 18.7 Å². The highest BCUT2D eigenvalue weighted by molar-refractivity contribution is 5.18. The van der Waals surface area contributed by atoms with E-state index in [9.17, 15) is 0 Å². The SMILES string of the molecule is CCCCCCCCCCCc1ncc(CCc2nc(C#N)nc(C#N)n2)[nH]1. The van der Waals surface area contributed by atoms with Crippen LogP contribution in [0, 0.1) is 22.7 Å². The van der Waals surface area contributed by atoms with Crippen molar-refractivity contribution in [2.75, 3.05) is 0 Å². The zero-order valence-electron chi connectivity index (χ0n) is 16.7. The fourth-order valence-electron chi connectivity index (χ4n) is 3.14. The molecule has 2 aromatic rings. The number of imidazole rings is 1. The molecule has 0 aromatic carbocycles. The van der Waals surface area contributed by atoms with E-state index in [1.165, 1.54) is 51.4 Å². The second-order valence-corrected chi connectivity index (χ2v) is 7.06. The summed E-state index contributed by atoms with van der Waals surface area (Å²) in [5.74, 6) is 1.44. The van der Waals surface area contributed by atoms with Crippen LogP contribution in [-0.2, 0) is 19.3 Å². The van der Waals surface area contributed by atoms with Crippen LogP contribution < -0.4 is 0 Å². The Kier molecular flexibility index (Phi) is 9.65. The van der Waals surface area contributed by atoms with E-state index in [4.69, 9.17) is 10.5 Å². The first-order valence-corrected chi connectivity index (χ1v) is 10.3. The zero-order chi connectivity index (χ0) is 20.0. The van der Waals surface area contributed by atoms with Crippen molar-refractivity contribution in [2.24, 2.45) is 0 Å². The predicted octanol–water partition coefficient (Wildman–Crippen LogP) is 4.20. The summed E-state index contributed by atoms with van der Waals surface area (Å²) < 4.78 is 0. The maximum absolute atomic E-state index is 8.93. The van der Waals surface area contributed by atoms with Gasteiger partial charge in [-0.2, -0.15) is 15.5 Å². The van der Waals surface area contributed by atoms with Gasteiger partial charge in [-0.1, -0.05) is 58.3 Å². The van der Waals surface area contributed by atoms with Gasteiger partial charge in [-0.3, -0.25) is 0 Å². The first-order valence-electron chi connectivity index (χ1n) is 10.3.